The van der Waals surface area contributed by atoms with Crippen molar-refractivity contribution in [3.63, 3.8) is 0 Å². The van der Waals surface area contributed by atoms with Crippen molar-refractivity contribution in [1.29, 1.82) is 0 Å². The number of β-amino-alcohol motifs (C(OH)–C–C–N with tert-alkyl or cyclic N) is 1. The van der Waals surface area contributed by atoms with Gasteiger partial charge < -0.3 is 10.2 Å². The van der Waals surface area contributed by atoms with E-state index >= 15 is 0 Å². The van der Waals surface area contributed by atoms with E-state index in [0.29, 0.717) is 13.0 Å². The maximum Gasteiger partial charge on any atom is 0.321 e. The number of aliphatic hydroxyl groups excluding tert-OH is 1. The molecule has 1 aliphatic rings. The Morgan fingerprint density at radius 1 is 1.70 bits per heavy atom. The van der Waals surface area contributed by atoms with Gasteiger partial charge in [-0.15, -0.1) is 0 Å². The average molecular weight is 145 g/mol. The first kappa shape index (κ1) is 7.50. The molecule has 58 valence electrons. The summed E-state index contributed by atoms with van der Waals surface area (Å²) < 4.78 is 0. The largest absolute Gasteiger partial charge is 0.480 e. The van der Waals surface area contributed by atoms with Crippen molar-refractivity contribution < 1.29 is 15.0 Å². The van der Waals surface area contributed by atoms with Crippen LogP contribution in [-0.4, -0.2) is 46.8 Å². The van der Waals surface area contributed by atoms with E-state index in [0.717, 1.165) is 0 Å². The summed E-state index contributed by atoms with van der Waals surface area (Å²) in [7, 11) is 1.70. The van der Waals surface area contributed by atoms with Crippen molar-refractivity contribution in [2.45, 2.75) is 18.6 Å². The van der Waals surface area contributed by atoms with Crippen LogP contribution in [0, 0.1) is 0 Å². The molecule has 4 heteroatoms. The number of aliphatic carboxylic acids is 1. The van der Waals surface area contributed by atoms with Crippen molar-refractivity contribution in [1.82, 2.24) is 4.90 Å². The Morgan fingerprint density at radius 2 is 2.30 bits per heavy atom. The molecule has 1 unspecified atom stereocenters. The number of carboxylic acid groups (broad SMARTS) is 1. The number of aliphatic hydroxyl groups is 1. The first-order chi connectivity index (χ1) is 4.61. The lowest BCUT2D eigenvalue weighted by atomic mass is 10.2. The summed E-state index contributed by atoms with van der Waals surface area (Å²) in [5, 5.41) is 17.6. The highest BCUT2D eigenvalue weighted by molar-refractivity contribution is 5.73. The van der Waals surface area contributed by atoms with E-state index in [2.05, 4.69) is 0 Å². The number of rotatable bonds is 1. The van der Waals surface area contributed by atoms with Crippen LogP contribution in [0.2, 0.25) is 0 Å². The van der Waals surface area contributed by atoms with Gasteiger partial charge in [0.2, 0.25) is 0 Å². The minimum absolute atomic E-state index is 0.353. The second kappa shape index (κ2) is 2.56. The molecule has 0 aromatic rings. The number of likely N-dealkylation sites (N-methyl/N-ethyl adjacent to an activating group) is 1. The monoisotopic (exact) mass is 145 g/mol. The van der Waals surface area contributed by atoms with Crippen molar-refractivity contribution in [2.75, 3.05) is 13.6 Å². The molecule has 0 aromatic heterocycles. The summed E-state index contributed by atoms with van der Waals surface area (Å²) in [5.41, 5.74) is 0. The average Bonchev–Trinajstić information content (AvgIpc) is 2.10. The van der Waals surface area contributed by atoms with Gasteiger partial charge >= 0.3 is 5.97 Å². The van der Waals surface area contributed by atoms with Gasteiger partial charge in [0.1, 0.15) is 6.04 Å². The van der Waals surface area contributed by atoms with E-state index in [1.54, 1.807) is 11.9 Å². The van der Waals surface area contributed by atoms with Gasteiger partial charge in [-0.1, -0.05) is 0 Å². The Hall–Kier alpha value is -0.610. The number of likely N-dealkylation sites (tertiary alicyclic amines) is 1. The third-order valence-corrected chi connectivity index (χ3v) is 1.81. The predicted octanol–water partition coefficient (Wildman–Crippen LogP) is -0.864. The second-order valence-corrected chi connectivity index (χ2v) is 2.68. The topological polar surface area (TPSA) is 60.8 Å². The van der Waals surface area contributed by atoms with Gasteiger partial charge in [-0.3, -0.25) is 9.69 Å². The molecule has 2 atom stereocenters. The van der Waals surface area contributed by atoms with E-state index in [1.807, 2.05) is 0 Å². The lowest BCUT2D eigenvalue weighted by Crippen LogP contribution is -2.32. The van der Waals surface area contributed by atoms with Gasteiger partial charge in [-0.25, -0.2) is 0 Å². The number of carbonyl (C=O) groups is 1. The molecule has 4 nitrogen and oxygen atoms in total. The minimum Gasteiger partial charge on any atom is -0.480 e. The highest BCUT2D eigenvalue weighted by atomic mass is 16.4. The van der Waals surface area contributed by atoms with Crippen molar-refractivity contribution in [3.05, 3.63) is 0 Å². The van der Waals surface area contributed by atoms with Crippen LogP contribution < -0.4 is 0 Å². The van der Waals surface area contributed by atoms with Gasteiger partial charge in [0, 0.05) is 13.0 Å². The normalized spacial score (nSPS) is 34.6. The number of carboxylic acids is 1. The smallest absolute Gasteiger partial charge is 0.321 e. The van der Waals surface area contributed by atoms with Crippen molar-refractivity contribution >= 4 is 5.97 Å². The van der Waals surface area contributed by atoms with Crippen molar-refractivity contribution in [2.24, 2.45) is 0 Å². The Kier molecular flexibility index (Phi) is 1.92. The molecule has 0 amide bonds. The summed E-state index contributed by atoms with van der Waals surface area (Å²) in [6, 6.07) is -0.491. The maximum atomic E-state index is 10.4. The van der Waals surface area contributed by atoms with Crippen LogP contribution in [0.25, 0.3) is 0 Å². The predicted molar refractivity (Wildman–Crippen MR) is 34.7 cm³/mol. The minimum atomic E-state index is -0.848. The summed E-state index contributed by atoms with van der Waals surface area (Å²) in [4.78, 5) is 12.1. The Morgan fingerprint density at radius 3 is 2.50 bits per heavy atom. The van der Waals surface area contributed by atoms with Crippen LogP contribution in [0.3, 0.4) is 0 Å². The SMILES string of the molecule is CN1C[C@H](O)CC1C(=O)O. The first-order valence-corrected chi connectivity index (χ1v) is 3.22. The lowest BCUT2D eigenvalue weighted by Gasteiger charge is -2.12. The molecule has 0 radical (unpaired) electrons. The number of nitrogens with zero attached hydrogens (tertiary/aromatic N) is 1. The second-order valence-electron chi connectivity index (χ2n) is 2.68. The van der Waals surface area contributed by atoms with Crippen LogP contribution >= 0.6 is 0 Å². The van der Waals surface area contributed by atoms with Crippen LogP contribution in [0.1, 0.15) is 6.42 Å². The molecule has 1 saturated heterocycles. The van der Waals surface area contributed by atoms with Crippen LogP contribution in [0.4, 0.5) is 0 Å². The first-order valence-electron chi connectivity index (χ1n) is 3.22. The molecule has 0 saturated carbocycles. The Labute approximate surface area is 59.1 Å². The summed E-state index contributed by atoms with van der Waals surface area (Å²) in [5.74, 6) is -0.848. The fourth-order valence-electron chi connectivity index (χ4n) is 1.26. The number of hydrogen-bond acceptors (Lipinski definition) is 3. The molecular formula is C6H11NO3. The molecule has 0 aliphatic carbocycles. The van der Waals surface area contributed by atoms with E-state index in [9.17, 15) is 4.79 Å². The fraction of sp³-hybridized carbons (Fsp3) is 0.833. The molecule has 1 aliphatic heterocycles. The standard InChI is InChI=1S/C6H11NO3/c1-7-3-4(8)2-5(7)6(9)10/h4-5,8H,2-3H2,1H3,(H,9,10)/t4-,5?/m1/s1. The summed E-state index contributed by atoms with van der Waals surface area (Å²) >= 11 is 0. The van der Waals surface area contributed by atoms with Crippen molar-refractivity contribution in [3.8, 4) is 0 Å². The Bertz CT molecular complexity index is 148. The van der Waals surface area contributed by atoms with E-state index in [-0.39, 0.29) is 0 Å². The summed E-state index contributed by atoms with van der Waals surface area (Å²) in [6.45, 7) is 0.469. The molecule has 0 bridgehead atoms. The zero-order chi connectivity index (χ0) is 7.72. The quantitative estimate of drug-likeness (QED) is 0.504. The Balaban J connectivity index is 2.54. The molecule has 0 spiro atoms. The summed E-state index contributed by atoms with van der Waals surface area (Å²) in [6.07, 6.45) is -0.114. The lowest BCUT2D eigenvalue weighted by molar-refractivity contribution is -0.141. The number of hydrogen-bond donors (Lipinski definition) is 2. The van der Waals surface area contributed by atoms with E-state index in [4.69, 9.17) is 10.2 Å². The van der Waals surface area contributed by atoms with Crippen LogP contribution in [0.5, 0.6) is 0 Å². The van der Waals surface area contributed by atoms with Gasteiger partial charge in [0.05, 0.1) is 6.10 Å². The zero-order valence-corrected chi connectivity index (χ0v) is 5.82. The third kappa shape index (κ3) is 1.27. The highest BCUT2D eigenvalue weighted by Crippen LogP contribution is 2.14. The molecule has 10 heavy (non-hydrogen) atoms. The van der Waals surface area contributed by atoms with Gasteiger partial charge in [0.15, 0.2) is 0 Å². The molecule has 0 aromatic carbocycles. The maximum absolute atomic E-state index is 10.4. The van der Waals surface area contributed by atoms with Gasteiger partial charge in [-0.05, 0) is 7.05 Å². The third-order valence-electron chi connectivity index (χ3n) is 1.81. The van der Waals surface area contributed by atoms with Crippen LogP contribution in [0.15, 0.2) is 0 Å². The molecule has 1 rings (SSSR count). The molecule has 1 fully saturated rings. The van der Waals surface area contributed by atoms with Gasteiger partial charge in [0.25, 0.3) is 0 Å². The zero-order valence-electron chi connectivity index (χ0n) is 5.82. The van der Waals surface area contributed by atoms with Gasteiger partial charge in [-0.2, -0.15) is 0 Å². The highest BCUT2D eigenvalue weighted by Gasteiger charge is 2.32. The molecule has 2 N–H and O–H groups in total. The van der Waals surface area contributed by atoms with E-state index < -0.39 is 18.1 Å². The fourth-order valence-corrected chi connectivity index (χ4v) is 1.26. The molecular weight excluding hydrogens is 134 g/mol. The van der Waals surface area contributed by atoms with Crippen LogP contribution in [-0.2, 0) is 4.79 Å². The molecule has 1 heterocycles. The van der Waals surface area contributed by atoms with E-state index in [1.165, 1.54) is 0 Å².